The van der Waals surface area contributed by atoms with E-state index in [9.17, 15) is 21.6 Å². The molecule has 0 aliphatic rings. The fourth-order valence-corrected chi connectivity index (χ4v) is 3.58. The number of primary sulfonamides is 1. The van der Waals surface area contributed by atoms with Crippen molar-refractivity contribution in [2.45, 2.75) is 16.7 Å². The molecular formula is C14H14N2O6S2. The maximum atomic E-state index is 12.4. The number of aryl methyl sites for hydroxylation is 1. The maximum Gasteiger partial charge on any atom is 0.335 e. The SMILES string of the molecule is Cc1ccc(S(=O)(=O)Nc2cccc(S(N)(=O)=O)c2)cc1C(=O)O. The molecule has 8 nitrogen and oxygen atoms in total. The molecule has 0 aliphatic heterocycles. The van der Waals surface area contributed by atoms with Crippen LogP contribution in [0.5, 0.6) is 0 Å². The van der Waals surface area contributed by atoms with E-state index in [1.165, 1.54) is 30.3 Å². The Balaban J connectivity index is 2.43. The first-order valence-electron chi connectivity index (χ1n) is 6.50. The molecule has 0 spiro atoms. The fraction of sp³-hybridized carbons (Fsp3) is 0.0714. The van der Waals surface area contributed by atoms with E-state index in [1.807, 2.05) is 0 Å². The number of aromatic carboxylic acids is 1. The molecule has 0 saturated carbocycles. The van der Waals surface area contributed by atoms with Crippen LogP contribution < -0.4 is 9.86 Å². The number of anilines is 1. The molecule has 0 atom stereocenters. The molecule has 0 radical (unpaired) electrons. The number of hydrogen-bond acceptors (Lipinski definition) is 5. The van der Waals surface area contributed by atoms with E-state index in [1.54, 1.807) is 6.92 Å². The van der Waals surface area contributed by atoms with Gasteiger partial charge in [-0.1, -0.05) is 12.1 Å². The second kappa shape index (κ2) is 6.23. The molecule has 2 aromatic rings. The number of benzene rings is 2. The van der Waals surface area contributed by atoms with Crippen molar-refractivity contribution in [2.75, 3.05) is 4.72 Å². The first-order chi connectivity index (χ1) is 11.0. The van der Waals surface area contributed by atoms with E-state index >= 15 is 0 Å². The summed E-state index contributed by atoms with van der Waals surface area (Å²) >= 11 is 0. The molecule has 10 heteroatoms. The van der Waals surface area contributed by atoms with Gasteiger partial charge in [-0.15, -0.1) is 0 Å². The van der Waals surface area contributed by atoms with Gasteiger partial charge in [-0.3, -0.25) is 4.72 Å². The van der Waals surface area contributed by atoms with Crippen molar-refractivity contribution in [3.8, 4) is 0 Å². The molecule has 2 aromatic carbocycles. The van der Waals surface area contributed by atoms with Crippen LogP contribution in [-0.2, 0) is 20.0 Å². The molecule has 0 aromatic heterocycles. The molecule has 0 fully saturated rings. The van der Waals surface area contributed by atoms with Crippen LogP contribution in [-0.4, -0.2) is 27.9 Å². The number of rotatable bonds is 5. The van der Waals surface area contributed by atoms with Gasteiger partial charge in [0.15, 0.2) is 0 Å². The van der Waals surface area contributed by atoms with Crippen molar-refractivity contribution in [3.63, 3.8) is 0 Å². The van der Waals surface area contributed by atoms with E-state index in [0.29, 0.717) is 5.56 Å². The van der Waals surface area contributed by atoms with Crippen LogP contribution in [0.2, 0.25) is 0 Å². The molecule has 0 amide bonds. The average Bonchev–Trinajstić information content (AvgIpc) is 2.46. The third-order valence-electron chi connectivity index (χ3n) is 3.16. The highest BCUT2D eigenvalue weighted by molar-refractivity contribution is 7.92. The van der Waals surface area contributed by atoms with Crippen LogP contribution >= 0.6 is 0 Å². The Labute approximate surface area is 139 Å². The Morgan fingerprint density at radius 1 is 1.04 bits per heavy atom. The highest BCUT2D eigenvalue weighted by Crippen LogP contribution is 2.21. The Hall–Kier alpha value is -2.43. The van der Waals surface area contributed by atoms with Crippen molar-refractivity contribution in [3.05, 3.63) is 53.6 Å². The number of hydrogen-bond donors (Lipinski definition) is 3. The summed E-state index contributed by atoms with van der Waals surface area (Å²) in [6.45, 7) is 1.54. The minimum atomic E-state index is -4.10. The lowest BCUT2D eigenvalue weighted by Gasteiger charge is -2.10. The zero-order valence-corrected chi connectivity index (χ0v) is 14.1. The van der Waals surface area contributed by atoms with Crippen molar-refractivity contribution in [1.29, 1.82) is 0 Å². The van der Waals surface area contributed by atoms with Gasteiger partial charge in [0, 0.05) is 0 Å². The minimum Gasteiger partial charge on any atom is -0.478 e. The Bertz CT molecular complexity index is 1010. The molecular weight excluding hydrogens is 356 g/mol. The summed E-state index contributed by atoms with van der Waals surface area (Å²) in [6.07, 6.45) is 0. The number of carbonyl (C=O) groups is 1. The summed E-state index contributed by atoms with van der Waals surface area (Å²) in [5.41, 5.74) is 0.257. The molecule has 0 saturated heterocycles. The average molecular weight is 370 g/mol. The number of carboxylic acids is 1. The van der Waals surface area contributed by atoms with Crippen LogP contribution in [0.3, 0.4) is 0 Å². The van der Waals surface area contributed by atoms with E-state index in [2.05, 4.69) is 4.72 Å². The van der Waals surface area contributed by atoms with Crippen molar-refractivity contribution < 1.29 is 26.7 Å². The topological polar surface area (TPSA) is 144 Å². The van der Waals surface area contributed by atoms with Crippen molar-refractivity contribution >= 4 is 31.7 Å². The molecule has 2 rings (SSSR count). The Morgan fingerprint density at radius 2 is 1.71 bits per heavy atom. The molecule has 0 heterocycles. The minimum absolute atomic E-state index is 0.0148. The van der Waals surface area contributed by atoms with Crippen molar-refractivity contribution in [2.24, 2.45) is 5.14 Å². The number of nitrogens with one attached hydrogen (secondary N) is 1. The van der Waals surface area contributed by atoms with Gasteiger partial charge in [0.05, 0.1) is 21.0 Å². The zero-order valence-electron chi connectivity index (χ0n) is 12.4. The van der Waals surface area contributed by atoms with Gasteiger partial charge >= 0.3 is 5.97 Å². The third-order valence-corrected chi connectivity index (χ3v) is 5.45. The van der Waals surface area contributed by atoms with E-state index in [4.69, 9.17) is 10.2 Å². The Morgan fingerprint density at radius 3 is 2.29 bits per heavy atom. The highest BCUT2D eigenvalue weighted by Gasteiger charge is 2.18. The normalized spacial score (nSPS) is 11.9. The predicted octanol–water partition coefficient (Wildman–Crippen LogP) is 1.14. The molecule has 128 valence electrons. The van der Waals surface area contributed by atoms with E-state index in [0.717, 1.165) is 12.1 Å². The summed E-state index contributed by atoms with van der Waals surface area (Å²) in [4.78, 5) is 10.6. The summed E-state index contributed by atoms with van der Waals surface area (Å²) in [7, 11) is -8.08. The van der Waals surface area contributed by atoms with Gasteiger partial charge < -0.3 is 5.11 Å². The summed E-state index contributed by atoms with van der Waals surface area (Å²) in [6, 6.07) is 8.63. The standard InChI is InChI=1S/C14H14N2O6S2/c1-9-5-6-12(8-13(9)14(17)18)24(21,22)16-10-3-2-4-11(7-10)23(15,19)20/h2-8,16H,1H3,(H,17,18)(H2,15,19,20). The maximum absolute atomic E-state index is 12.4. The van der Waals surface area contributed by atoms with Crippen LogP contribution in [0.15, 0.2) is 52.3 Å². The molecule has 24 heavy (non-hydrogen) atoms. The monoisotopic (exact) mass is 370 g/mol. The molecule has 0 aliphatic carbocycles. The zero-order chi connectivity index (χ0) is 18.1. The second-order valence-corrected chi connectivity index (χ2v) is 8.20. The second-order valence-electron chi connectivity index (χ2n) is 4.96. The van der Waals surface area contributed by atoms with Gasteiger partial charge in [-0.2, -0.15) is 0 Å². The largest absolute Gasteiger partial charge is 0.478 e. The Kier molecular flexibility index (Phi) is 4.65. The van der Waals surface area contributed by atoms with Crippen LogP contribution in [0.25, 0.3) is 0 Å². The van der Waals surface area contributed by atoms with Gasteiger partial charge in [-0.05, 0) is 42.8 Å². The van der Waals surface area contributed by atoms with Crippen LogP contribution in [0.4, 0.5) is 5.69 Å². The van der Waals surface area contributed by atoms with Gasteiger partial charge in [-0.25, -0.2) is 26.8 Å². The molecule has 0 unspecified atom stereocenters. The number of carboxylic acid groups (broad SMARTS) is 1. The highest BCUT2D eigenvalue weighted by atomic mass is 32.2. The fourth-order valence-electron chi connectivity index (χ4n) is 1.95. The summed E-state index contributed by atoms with van der Waals surface area (Å²) in [5.74, 6) is -1.25. The van der Waals surface area contributed by atoms with Crippen LogP contribution in [0, 0.1) is 6.92 Å². The number of nitrogens with two attached hydrogens (primary N) is 1. The summed E-state index contributed by atoms with van der Waals surface area (Å²) < 4.78 is 49.5. The predicted molar refractivity (Wildman–Crippen MR) is 86.8 cm³/mol. The molecule has 0 bridgehead atoms. The summed E-state index contributed by atoms with van der Waals surface area (Å²) in [5, 5.41) is 14.1. The molecule has 4 N–H and O–H groups in total. The smallest absolute Gasteiger partial charge is 0.335 e. The van der Waals surface area contributed by atoms with E-state index in [-0.39, 0.29) is 21.0 Å². The van der Waals surface area contributed by atoms with Crippen molar-refractivity contribution in [1.82, 2.24) is 0 Å². The van der Waals surface area contributed by atoms with Crippen LogP contribution in [0.1, 0.15) is 15.9 Å². The lowest BCUT2D eigenvalue weighted by atomic mass is 10.1. The van der Waals surface area contributed by atoms with Gasteiger partial charge in [0.2, 0.25) is 10.0 Å². The lowest BCUT2D eigenvalue weighted by molar-refractivity contribution is 0.0696. The number of sulfonamides is 2. The first kappa shape index (κ1) is 17.9. The lowest BCUT2D eigenvalue weighted by Crippen LogP contribution is -2.16. The first-order valence-corrected chi connectivity index (χ1v) is 9.53. The van der Waals surface area contributed by atoms with Gasteiger partial charge in [0.25, 0.3) is 10.0 Å². The van der Waals surface area contributed by atoms with E-state index < -0.39 is 26.0 Å². The quantitative estimate of drug-likeness (QED) is 0.720. The third kappa shape index (κ3) is 3.91. The van der Waals surface area contributed by atoms with Gasteiger partial charge in [0.1, 0.15) is 0 Å².